The highest BCUT2D eigenvalue weighted by Crippen LogP contribution is 2.32. The molecule has 48 heavy (non-hydrogen) atoms. The number of unbranched alkanes of at least 4 members (excludes halogenated alkanes) is 1. The first-order chi connectivity index (χ1) is 22.8. The average molecular weight is 722 g/mol. The van der Waals surface area contributed by atoms with Crippen LogP contribution in [0.5, 0.6) is 0 Å². The number of hydrogen-bond acceptors (Lipinski definition) is 7. The Morgan fingerprint density at radius 2 is 1.60 bits per heavy atom. The Morgan fingerprint density at radius 1 is 0.917 bits per heavy atom. The van der Waals surface area contributed by atoms with Gasteiger partial charge in [0.05, 0.1) is 18.1 Å². The fourth-order valence-corrected chi connectivity index (χ4v) is 6.81. The van der Waals surface area contributed by atoms with Crippen molar-refractivity contribution in [2.45, 2.75) is 37.6 Å². The van der Waals surface area contributed by atoms with E-state index in [9.17, 15) is 22.8 Å². The van der Waals surface area contributed by atoms with Gasteiger partial charge in [0.25, 0.3) is 0 Å². The molecule has 3 aromatic rings. The standard InChI is InChI=1S/C32H38Cl2N6O7S/c1-22-26(33)13-14-27(30(22)34)48(46,47)40(18-15-23-7-3-2-4-8-23)21-28(41)37-19-29(42)39(17-6-5-16-36-32(43)44)20-24-9-11-25(12-10-24)31(35)38-45/h2-4,7-14,36,45H,5-6,15-21H2,1H3,(H2,35,38)(H,37,41)(H,43,44). The molecule has 3 rings (SSSR count). The van der Waals surface area contributed by atoms with Crippen LogP contribution >= 0.6 is 23.2 Å². The molecule has 0 heterocycles. The van der Waals surface area contributed by atoms with E-state index in [-0.39, 0.29) is 41.9 Å². The molecule has 13 nitrogen and oxygen atoms in total. The number of amides is 3. The fraction of sp³-hybridized carbons (Fsp3) is 0.312. The van der Waals surface area contributed by atoms with E-state index in [2.05, 4.69) is 15.8 Å². The van der Waals surface area contributed by atoms with Crippen molar-refractivity contribution >= 4 is 57.0 Å². The molecule has 0 aliphatic rings. The first-order valence-electron chi connectivity index (χ1n) is 14.9. The summed E-state index contributed by atoms with van der Waals surface area (Å²) in [4.78, 5) is 38.6. The van der Waals surface area contributed by atoms with Crippen molar-refractivity contribution in [2.75, 3.05) is 32.7 Å². The Kier molecular flexibility index (Phi) is 14.5. The SMILES string of the molecule is Cc1c(Cl)ccc(S(=O)(=O)N(CCc2ccccc2)CC(=O)NCC(=O)N(CCCCNC(=O)O)Cc2ccc(C(N)=NO)cc2)c1Cl. The van der Waals surface area contributed by atoms with Gasteiger partial charge >= 0.3 is 6.09 Å². The molecule has 3 aromatic carbocycles. The quantitative estimate of drug-likeness (QED) is 0.0456. The van der Waals surface area contributed by atoms with Gasteiger partial charge in [0, 0.05) is 36.8 Å². The largest absolute Gasteiger partial charge is 0.465 e. The minimum Gasteiger partial charge on any atom is -0.465 e. The molecule has 0 spiro atoms. The number of nitrogens with zero attached hydrogens (tertiary/aromatic N) is 3. The van der Waals surface area contributed by atoms with E-state index in [1.165, 1.54) is 17.0 Å². The van der Waals surface area contributed by atoms with Crippen molar-refractivity contribution < 1.29 is 33.1 Å². The Labute approximate surface area is 289 Å². The van der Waals surface area contributed by atoms with Crippen molar-refractivity contribution in [3.8, 4) is 0 Å². The molecule has 0 unspecified atom stereocenters. The molecule has 0 saturated heterocycles. The summed E-state index contributed by atoms with van der Waals surface area (Å²) in [6.07, 6.45) is 0.0980. The van der Waals surface area contributed by atoms with Crippen LogP contribution in [0, 0.1) is 6.92 Å². The zero-order valence-electron chi connectivity index (χ0n) is 26.2. The summed E-state index contributed by atoms with van der Waals surface area (Å²) in [5, 5.41) is 25.8. The van der Waals surface area contributed by atoms with Gasteiger partial charge in [-0.25, -0.2) is 13.2 Å². The summed E-state index contributed by atoms with van der Waals surface area (Å²) in [5.74, 6) is -1.21. The molecule has 0 bridgehead atoms. The number of carboxylic acid groups (broad SMARTS) is 1. The lowest BCUT2D eigenvalue weighted by molar-refractivity contribution is -0.133. The van der Waals surface area contributed by atoms with E-state index in [4.69, 9.17) is 39.2 Å². The molecule has 0 saturated carbocycles. The van der Waals surface area contributed by atoms with E-state index in [0.717, 1.165) is 15.4 Å². The third-order valence-corrected chi connectivity index (χ3v) is 10.3. The van der Waals surface area contributed by atoms with Gasteiger partial charge in [0.15, 0.2) is 5.84 Å². The maximum absolute atomic E-state index is 13.8. The van der Waals surface area contributed by atoms with Crippen LogP contribution in [0.1, 0.15) is 35.1 Å². The highest BCUT2D eigenvalue weighted by Gasteiger charge is 2.30. The van der Waals surface area contributed by atoms with E-state index >= 15 is 0 Å². The van der Waals surface area contributed by atoms with Gasteiger partial charge in [-0.05, 0) is 55.0 Å². The Balaban J connectivity index is 1.74. The number of hydrogen-bond donors (Lipinski definition) is 5. The first-order valence-corrected chi connectivity index (χ1v) is 17.1. The second-order valence-corrected chi connectivity index (χ2v) is 13.5. The van der Waals surface area contributed by atoms with Crippen molar-refractivity contribution in [1.29, 1.82) is 0 Å². The number of sulfonamides is 1. The third-order valence-electron chi connectivity index (χ3n) is 7.37. The molecular weight excluding hydrogens is 683 g/mol. The van der Waals surface area contributed by atoms with Crippen molar-refractivity contribution in [2.24, 2.45) is 10.9 Å². The summed E-state index contributed by atoms with van der Waals surface area (Å²) in [6.45, 7) is 1.18. The summed E-state index contributed by atoms with van der Waals surface area (Å²) in [7, 11) is -4.26. The van der Waals surface area contributed by atoms with Gasteiger partial charge in [0.1, 0.15) is 4.90 Å². The number of carbonyl (C=O) groups excluding carboxylic acids is 2. The Bertz CT molecular complexity index is 1710. The number of oxime groups is 1. The van der Waals surface area contributed by atoms with Crippen LogP contribution in [0.25, 0.3) is 0 Å². The molecular formula is C32H38Cl2N6O7S. The van der Waals surface area contributed by atoms with E-state index < -0.39 is 41.0 Å². The average Bonchev–Trinajstić information content (AvgIpc) is 3.07. The Morgan fingerprint density at radius 3 is 2.25 bits per heavy atom. The normalized spacial score (nSPS) is 11.7. The molecule has 0 aromatic heterocycles. The minimum atomic E-state index is -4.26. The van der Waals surface area contributed by atoms with Gasteiger partial charge in [-0.2, -0.15) is 4.31 Å². The second kappa shape index (κ2) is 18.2. The number of amidine groups is 1. The Hall–Kier alpha value is -4.37. The van der Waals surface area contributed by atoms with Crippen molar-refractivity contribution in [1.82, 2.24) is 19.8 Å². The predicted octanol–water partition coefficient (Wildman–Crippen LogP) is 3.82. The summed E-state index contributed by atoms with van der Waals surface area (Å²) < 4.78 is 28.6. The molecule has 0 fully saturated rings. The molecule has 6 N–H and O–H groups in total. The van der Waals surface area contributed by atoms with Crippen molar-refractivity contribution in [3.05, 3.63) is 99.0 Å². The number of carbonyl (C=O) groups is 3. The predicted molar refractivity (Wildman–Crippen MR) is 183 cm³/mol. The van der Waals surface area contributed by atoms with Crippen LogP contribution in [0.4, 0.5) is 4.79 Å². The van der Waals surface area contributed by atoms with Gasteiger partial charge in [0.2, 0.25) is 21.8 Å². The smallest absolute Gasteiger partial charge is 0.404 e. The van der Waals surface area contributed by atoms with Gasteiger partial charge < -0.3 is 31.6 Å². The lowest BCUT2D eigenvalue weighted by Gasteiger charge is -2.25. The highest BCUT2D eigenvalue weighted by molar-refractivity contribution is 7.89. The van der Waals surface area contributed by atoms with Crippen LogP contribution in [-0.4, -0.2) is 84.4 Å². The lowest BCUT2D eigenvalue weighted by Crippen LogP contribution is -2.45. The molecule has 0 atom stereocenters. The monoisotopic (exact) mass is 720 g/mol. The van der Waals surface area contributed by atoms with Crippen LogP contribution in [0.3, 0.4) is 0 Å². The second-order valence-electron chi connectivity index (χ2n) is 10.8. The fourth-order valence-electron chi connectivity index (χ4n) is 4.63. The zero-order chi connectivity index (χ0) is 35.3. The number of benzene rings is 3. The van der Waals surface area contributed by atoms with E-state index in [1.807, 2.05) is 30.3 Å². The maximum Gasteiger partial charge on any atom is 0.404 e. The van der Waals surface area contributed by atoms with Crippen LogP contribution in [-0.2, 0) is 32.6 Å². The molecule has 0 radical (unpaired) electrons. The molecule has 258 valence electrons. The van der Waals surface area contributed by atoms with Crippen LogP contribution in [0.15, 0.2) is 76.8 Å². The third kappa shape index (κ3) is 11.1. The summed E-state index contributed by atoms with van der Waals surface area (Å²) >= 11 is 12.5. The molecule has 0 aliphatic carbocycles. The van der Waals surface area contributed by atoms with Crippen LogP contribution in [0.2, 0.25) is 10.0 Å². The molecule has 3 amide bonds. The lowest BCUT2D eigenvalue weighted by atomic mass is 10.1. The summed E-state index contributed by atoms with van der Waals surface area (Å²) in [5.41, 5.74) is 8.08. The highest BCUT2D eigenvalue weighted by atomic mass is 35.5. The number of halogens is 2. The minimum absolute atomic E-state index is 0.0380. The zero-order valence-corrected chi connectivity index (χ0v) is 28.6. The molecule has 0 aliphatic heterocycles. The number of nitrogens with one attached hydrogen (secondary N) is 2. The first kappa shape index (κ1) is 38.1. The van der Waals surface area contributed by atoms with Crippen molar-refractivity contribution in [3.63, 3.8) is 0 Å². The maximum atomic E-state index is 13.8. The van der Waals surface area contributed by atoms with Gasteiger partial charge in [-0.3, -0.25) is 9.59 Å². The van der Waals surface area contributed by atoms with Crippen LogP contribution < -0.4 is 16.4 Å². The summed E-state index contributed by atoms with van der Waals surface area (Å²) in [6, 6.07) is 18.6. The molecule has 16 heteroatoms. The number of rotatable bonds is 17. The van der Waals surface area contributed by atoms with E-state index in [1.54, 1.807) is 31.2 Å². The number of nitrogens with two attached hydrogens (primary N) is 1. The van der Waals surface area contributed by atoms with E-state index in [0.29, 0.717) is 35.4 Å². The van der Waals surface area contributed by atoms with Gasteiger partial charge in [-0.15, -0.1) is 0 Å². The van der Waals surface area contributed by atoms with Gasteiger partial charge in [-0.1, -0.05) is 83.0 Å². The topological polar surface area (TPSA) is 195 Å².